The third kappa shape index (κ3) is 6.94. The average molecular weight is 241 g/mol. The van der Waals surface area contributed by atoms with E-state index in [0.29, 0.717) is 32.0 Å². The molecule has 0 radical (unpaired) electrons. The lowest BCUT2D eigenvalue weighted by atomic mass is 9.95. The molecule has 0 saturated heterocycles. The summed E-state index contributed by atoms with van der Waals surface area (Å²) < 4.78 is 0. The molecule has 5 heteroatoms. The zero-order valence-corrected chi connectivity index (χ0v) is 10.3. The van der Waals surface area contributed by atoms with Crippen molar-refractivity contribution in [3.05, 3.63) is 0 Å². The quantitative estimate of drug-likeness (QED) is 0.560. The molecule has 2 amide bonds. The maximum atomic E-state index is 11.5. The molecular weight excluding hydrogens is 218 g/mol. The van der Waals surface area contributed by atoms with E-state index in [0.717, 1.165) is 12.8 Å². The Morgan fingerprint density at radius 2 is 1.88 bits per heavy atom. The Morgan fingerprint density at radius 3 is 2.53 bits per heavy atom. The highest BCUT2D eigenvalue weighted by Gasteiger charge is 2.14. The molecule has 1 fully saturated rings. The minimum Gasteiger partial charge on any atom is -0.370 e. The SMILES string of the molecule is NC(=O)CCCNCC(=O)NC1CCCCC1. The van der Waals surface area contributed by atoms with E-state index < -0.39 is 0 Å². The highest BCUT2D eigenvalue weighted by molar-refractivity contribution is 5.78. The molecule has 1 rings (SSSR count). The van der Waals surface area contributed by atoms with Gasteiger partial charge in [0, 0.05) is 12.5 Å². The van der Waals surface area contributed by atoms with Gasteiger partial charge in [0.2, 0.25) is 11.8 Å². The second-order valence-corrected chi connectivity index (χ2v) is 4.65. The summed E-state index contributed by atoms with van der Waals surface area (Å²) >= 11 is 0. The van der Waals surface area contributed by atoms with Crippen molar-refractivity contribution >= 4 is 11.8 Å². The molecule has 0 aromatic carbocycles. The van der Waals surface area contributed by atoms with Gasteiger partial charge < -0.3 is 16.4 Å². The Kier molecular flexibility index (Phi) is 6.62. The van der Waals surface area contributed by atoms with Gasteiger partial charge in [-0.15, -0.1) is 0 Å². The van der Waals surface area contributed by atoms with E-state index in [1.54, 1.807) is 0 Å². The van der Waals surface area contributed by atoms with Gasteiger partial charge in [-0.05, 0) is 25.8 Å². The van der Waals surface area contributed by atoms with Gasteiger partial charge in [0.15, 0.2) is 0 Å². The van der Waals surface area contributed by atoms with Crippen LogP contribution in [0.5, 0.6) is 0 Å². The summed E-state index contributed by atoms with van der Waals surface area (Å²) in [6, 6.07) is 0.365. The molecule has 1 saturated carbocycles. The first-order valence-corrected chi connectivity index (χ1v) is 6.47. The van der Waals surface area contributed by atoms with Gasteiger partial charge in [-0.2, -0.15) is 0 Å². The van der Waals surface area contributed by atoms with Crippen molar-refractivity contribution in [2.75, 3.05) is 13.1 Å². The van der Waals surface area contributed by atoms with E-state index in [4.69, 9.17) is 5.73 Å². The van der Waals surface area contributed by atoms with Gasteiger partial charge in [-0.1, -0.05) is 19.3 Å². The van der Waals surface area contributed by atoms with E-state index in [1.165, 1.54) is 19.3 Å². The molecule has 1 aliphatic rings. The molecule has 17 heavy (non-hydrogen) atoms. The van der Waals surface area contributed by atoms with Crippen LogP contribution in [-0.4, -0.2) is 30.9 Å². The van der Waals surface area contributed by atoms with Crippen LogP contribution < -0.4 is 16.4 Å². The van der Waals surface area contributed by atoms with Crippen LogP contribution in [0.3, 0.4) is 0 Å². The highest BCUT2D eigenvalue weighted by atomic mass is 16.2. The minimum absolute atomic E-state index is 0.0518. The first kappa shape index (κ1) is 14.0. The van der Waals surface area contributed by atoms with Gasteiger partial charge in [0.25, 0.3) is 0 Å². The third-order valence-corrected chi connectivity index (χ3v) is 3.03. The molecule has 0 unspecified atom stereocenters. The number of carbonyl (C=O) groups is 2. The normalized spacial score (nSPS) is 16.7. The lowest BCUT2D eigenvalue weighted by Gasteiger charge is -2.22. The van der Waals surface area contributed by atoms with Crippen LogP contribution in [0.1, 0.15) is 44.9 Å². The van der Waals surface area contributed by atoms with Gasteiger partial charge in [-0.3, -0.25) is 9.59 Å². The summed E-state index contributed by atoms with van der Waals surface area (Å²) in [6.45, 7) is 0.982. The van der Waals surface area contributed by atoms with Crippen molar-refractivity contribution in [2.24, 2.45) is 5.73 Å². The Morgan fingerprint density at radius 1 is 1.18 bits per heavy atom. The molecule has 0 atom stereocenters. The monoisotopic (exact) mass is 241 g/mol. The highest BCUT2D eigenvalue weighted by Crippen LogP contribution is 2.16. The maximum Gasteiger partial charge on any atom is 0.234 e. The molecular formula is C12H23N3O2. The topological polar surface area (TPSA) is 84.2 Å². The summed E-state index contributed by atoms with van der Waals surface area (Å²) in [5.41, 5.74) is 5.01. The molecule has 0 aromatic rings. The average Bonchev–Trinajstić information content (AvgIpc) is 2.29. The molecule has 0 heterocycles. The number of carbonyl (C=O) groups excluding carboxylic acids is 2. The molecule has 0 aromatic heterocycles. The number of rotatable bonds is 7. The van der Waals surface area contributed by atoms with Crippen LogP contribution >= 0.6 is 0 Å². The molecule has 98 valence electrons. The van der Waals surface area contributed by atoms with Crippen molar-refractivity contribution in [1.29, 1.82) is 0 Å². The first-order valence-electron chi connectivity index (χ1n) is 6.47. The van der Waals surface area contributed by atoms with Gasteiger partial charge in [0.05, 0.1) is 6.54 Å². The molecule has 1 aliphatic carbocycles. The maximum absolute atomic E-state index is 11.5. The van der Waals surface area contributed by atoms with Crippen LogP contribution in [0, 0.1) is 0 Å². The minimum atomic E-state index is -0.293. The summed E-state index contributed by atoms with van der Waals surface area (Å²) in [4.78, 5) is 22.0. The third-order valence-electron chi connectivity index (χ3n) is 3.03. The van der Waals surface area contributed by atoms with Crippen LogP contribution in [0.2, 0.25) is 0 Å². The first-order chi connectivity index (χ1) is 8.18. The second-order valence-electron chi connectivity index (χ2n) is 4.65. The van der Waals surface area contributed by atoms with Gasteiger partial charge in [0.1, 0.15) is 0 Å². The Bertz CT molecular complexity index is 250. The number of amides is 2. The fourth-order valence-corrected chi connectivity index (χ4v) is 2.12. The standard InChI is InChI=1S/C12H23N3O2/c13-11(16)7-4-8-14-9-12(17)15-10-5-2-1-3-6-10/h10,14H,1-9H2,(H2,13,16)(H,15,17). The van der Waals surface area contributed by atoms with Crippen LogP contribution in [-0.2, 0) is 9.59 Å². The van der Waals surface area contributed by atoms with Crippen LogP contribution in [0.15, 0.2) is 0 Å². The zero-order valence-electron chi connectivity index (χ0n) is 10.3. The Labute approximate surface area is 103 Å². The van der Waals surface area contributed by atoms with Crippen molar-refractivity contribution < 1.29 is 9.59 Å². The van der Waals surface area contributed by atoms with E-state index in [9.17, 15) is 9.59 Å². The van der Waals surface area contributed by atoms with Crippen LogP contribution in [0.25, 0.3) is 0 Å². The number of hydrogen-bond acceptors (Lipinski definition) is 3. The van der Waals surface area contributed by atoms with Crippen molar-refractivity contribution in [2.45, 2.75) is 51.0 Å². The molecule has 4 N–H and O–H groups in total. The summed E-state index contributed by atoms with van der Waals surface area (Å²) in [7, 11) is 0. The number of nitrogens with one attached hydrogen (secondary N) is 2. The van der Waals surface area contributed by atoms with E-state index >= 15 is 0 Å². The summed E-state index contributed by atoms with van der Waals surface area (Å²) in [6.07, 6.45) is 7.00. The molecule has 0 bridgehead atoms. The molecule has 0 aliphatic heterocycles. The van der Waals surface area contributed by atoms with E-state index in [1.807, 2.05) is 0 Å². The van der Waals surface area contributed by atoms with Crippen LogP contribution in [0.4, 0.5) is 0 Å². The van der Waals surface area contributed by atoms with Gasteiger partial charge in [-0.25, -0.2) is 0 Å². The predicted octanol–water partition coefficient (Wildman–Crippen LogP) is 0.290. The predicted molar refractivity (Wildman–Crippen MR) is 66.3 cm³/mol. The molecule has 5 nitrogen and oxygen atoms in total. The van der Waals surface area contributed by atoms with Crippen molar-refractivity contribution in [1.82, 2.24) is 10.6 Å². The number of hydrogen-bond donors (Lipinski definition) is 3. The smallest absolute Gasteiger partial charge is 0.234 e. The summed E-state index contributed by atoms with van der Waals surface area (Å²) in [5, 5.41) is 6.04. The summed E-state index contributed by atoms with van der Waals surface area (Å²) in [5.74, 6) is -0.241. The largest absolute Gasteiger partial charge is 0.370 e. The lowest BCUT2D eigenvalue weighted by molar-refractivity contribution is -0.121. The van der Waals surface area contributed by atoms with Gasteiger partial charge >= 0.3 is 0 Å². The van der Waals surface area contributed by atoms with E-state index in [-0.39, 0.29) is 11.8 Å². The number of primary amides is 1. The zero-order chi connectivity index (χ0) is 12.5. The molecule has 0 spiro atoms. The Hall–Kier alpha value is -1.10. The fraction of sp³-hybridized carbons (Fsp3) is 0.833. The second kappa shape index (κ2) is 8.06. The Balaban J connectivity index is 1.98. The fourth-order valence-electron chi connectivity index (χ4n) is 2.12. The number of nitrogens with two attached hydrogens (primary N) is 1. The lowest BCUT2D eigenvalue weighted by Crippen LogP contribution is -2.41. The van der Waals surface area contributed by atoms with E-state index in [2.05, 4.69) is 10.6 Å². The van der Waals surface area contributed by atoms with Crippen molar-refractivity contribution in [3.63, 3.8) is 0 Å². The van der Waals surface area contributed by atoms with Crippen molar-refractivity contribution in [3.8, 4) is 0 Å².